The van der Waals surface area contributed by atoms with E-state index in [4.69, 9.17) is 4.74 Å². The zero-order chi connectivity index (χ0) is 21.5. The summed E-state index contributed by atoms with van der Waals surface area (Å²) in [5.74, 6) is -1.18. The second-order valence-electron chi connectivity index (χ2n) is 7.84. The normalized spacial score (nSPS) is 19.8. The molecule has 4 nitrogen and oxygen atoms in total. The van der Waals surface area contributed by atoms with Gasteiger partial charge in [0.15, 0.2) is 6.10 Å². The molecule has 0 spiro atoms. The molecule has 1 fully saturated rings. The van der Waals surface area contributed by atoms with Crippen LogP contribution in [0.3, 0.4) is 0 Å². The van der Waals surface area contributed by atoms with Crippen molar-refractivity contribution in [3.05, 3.63) is 29.3 Å². The summed E-state index contributed by atoms with van der Waals surface area (Å²) in [7, 11) is 0. The fourth-order valence-electron chi connectivity index (χ4n) is 3.02. The average Bonchev–Trinajstić information content (AvgIpc) is 2.98. The predicted octanol–water partition coefficient (Wildman–Crippen LogP) is 4.82. The molecule has 2 atom stereocenters. The van der Waals surface area contributed by atoms with E-state index < -0.39 is 47.1 Å². The number of aliphatic carboxylic acids is 1. The zero-order valence-electron chi connectivity index (χ0n) is 15.5. The molecule has 2 rings (SSSR count). The van der Waals surface area contributed by atoms with Crippen LogP contribution < -0.4 is 4.90 Å². The summed E-state index contributed by atoms with van der Waals surface area (Å²) in [5, 5.41) is 9.32. The predicted molar refractivity (Wildman–Crippen MR) is 89.0 cm³/mol. The highest BCUT2D eigenvalue weighted by Gasteiger charge is 2.39. The molecule has 0 radical (unpaired) electrons. The van der Waals surface area contributed by atoms with Crippen molar-refractivity contribution in [1.29, 1.82) is 0 Å². The molecule has 1 aliphatic rings. The lowest BCUT2D eigenvalue weighted by atomic mass is 9.89. The Kier molecular flexibility index (Phi) is 5.94. The Labute approximate surface area is 158 Å². The Morgan fingerprint density at radius 2 is 1.57 bits per heavy atom. The Balaban J connectivity index is 2.26. The highest BCUT2D eigenvalue weighted by atomic mass is 19.4. The van der Waals surface area contributed by atoms with Crippen LogP contribution in [0.15, 0.2) is 18.2 Å². The molecule has 28 heavy (non-hydrogen) atoms. The van der Waals surface area contributed by atoms with Crippen LogP contribution in [0.25, 0.3) is 0 Å². The standard InChI is InChI=1S/C18H21F6NO3/c1-16(2,3)14(15(26)27)28-13-4-5-25(9-13)12-7-10(17(19,20)21)6-11(8-12)18(22,23)24/h6-8,13-14H,4-5,9H2,1-3H3,(H,26,27). The lowest BCUT2D eigenvalue weighted by Crippen LogP contribution is -2.40. The quantitative estimate of drug-likeness (QED) is 0.720. The first kappa shape index (κ1) is 22.3. The van der Waals surface area contributed by atoms with Crippen molar-refractivity contribution < 1.29 is 41.0 Å². The van der Waals surface area contributed by atoms with Crippen molar-refractivity contribution in [3.63, 3.8) is 0 Å². The molecule has 1 aromatic carbocycles. The van der Waals surface area contributed by atoms with Crippen LogP contribution in [0.5, 0.6) is 0 Å². The number of ether oxygens (including phenoxy) is 1. The molecule has 0 aliphatic carbocycles. The van der Waals surface area contributed by atoms with Crippen molar-refractivity contribution in [1.82, 2.24) is 0 Å². The third kappa shape index (κ3) is 5.30. The molecule has 1 saturated heterocycles. The lowest BCUT2D eigenvalue weighted by Gasteiger charge is -2.30. The first-order chi connectivity index (χ1) is 12.6. The molecule has 1 heterocycles. The van der Waals surface area contributed by atoms with Crippen LogP contribution in [0.1, 0.15) is 38.3 Å². The van der Waals surface area contributed by atoms with Crippen LogP contribution in [-0.4, -0.2) is 36.4 Å². The Bertz CT molecular complexity index is 691. The van der Waals surface area contributed by atoms with Gasteiger partial charge in [0.2, 0.25) is 0 Å². The highest BCUT2D eigenvalue weighted by Crippen LogP contribution is 2.39. The van der Waals surface area contributed by atoms with Crippen LogP contribution in [0, 0.1) is 5.41 Å². The summed E-state index contributed by atoms with van der Waals surface area (Å²) in [5.41, 5.74) is -3.73. The van der Waals surface area contributed by atoms with Gasteiger partial charge in [-0.2, -0.15) is 26.3 Å². The maximum absolute atomic E-state index is 13.0. The number of rotatable bonds is 4. The van der Waals surface area contributed by atoms with Crippen molar-refractivity contribution >= 4 is 11.7 Å². The van der Waals surface area contributed by atoms with Crippen molar-refractivity contribution in [2.75, 3.05) is 18.0 Å². The van der Waals surface area contributed by atoms with Gasteiger partial charge in [-0.1, -0.05) is 20.8 Å². The van der Waals surface area contributed by atoms with E-state index in [1.807, 2.05) is 0 Å². The van der Waals surface area contributed by atoms with E-state index in [2.05, 4.69) is 0 Å². The first-order valence-electron chi connectivity index (χ1n) is 8.51. The van der Waals surface area contributed by atoms with E-state index >= 15 is 0 Å². The molecule has 0 bridgehead atoms. The molecular weight excluding hydrogens is 392 g/mol. The number of carboxylic acid groups (broad SMARTS) is 1. The molecule has 2 unspecified atom stereocenters. The monoisotopic (exact) mass is 413 g/mol. The lowest BCUT2D eigenvalue weighted by molar-refractivity contribution is -0.162. The number of alkyl halides is 6. The number of nitrogens with zero attached hydrogens (tertiary/aromatic N) is 1. The summed E-state index contributed by atoms with van der Waals surface area (Å²) in [6, 6.07) is 1.40. The van der Waals surface area contributed by atoms with E-state index in [9.17, 15) is 36.2 Å². The number of carbonyl (C=O) groups is 1. The molecule has 1 aromatic rings. The van der Waals surface area contributed by atoms with Crippen LogP contribution in [0.2, 0.25) is 0 Å². The van der Waals surface area contributed by atoms with E-state index in [1.54, 1.807) is 20.8 Å². The fourth-order valence-corrected chi connectivity index (χ4v) is 3.02. The van der Waals surface area contributed by atoms with Crippen molar-refractivity contribution in [2.24, 2.45) is 5.41 Å². The summed E-state index contributed by atoms with van der Waals surface area (Å²) in [6.45, 7) is 5.15. The summed E-state index contributed by atoms with van der Waals surface area (Å²) in [6.07, 6.45) is -11.3. The molecule has 0 saturated carbocycles. The second-order valence-corrected chi connectivity index (χ2v) is 7.84. The minimum Gasteiger partial charge on any atom is -0.479 e. The largest absolute Gasteiger partial charge is 0.479 e. The van der Waals surface area contributed by atoms with Gasteiger partial charge in [0.05, 0.1) is 17.2 Å². The third-order valence-electron chi connectivity index (χ3n) is 4.42. The zero-order valence-corrected chi connectivity index (χ0v) is 15.5. The van der Waals surface area contributed by atoms with Crippen LogP contribution in [0.4, 0.5) is 32.0 Å². The third-order valence-corrected chi connectivity index (χ3v) is 4.42. The SMILES string of the molecule is CC(C)(C)C(OC1CCN(c2cc(C(F)(F)F)cc(C(F)(F)F)c2)C1)C(=O)O. The molecule has 158 valence electrons. The van der Waals surface area contributed by atoms with Crippen molar-refractivity contribution in [2.45, 2.75) is 51.8 Å². The minimum atomic E-state index is -4.92. The van der Waals surface area contributed by atoms with Gasteiger partial charge in [0.1, 0.15) is 0 Å². The molecule has 1 aliphatic heterocycles. The maximum Gasteiger partial charge on any atom is 0.416 e. The Morgan fingerprint density at radius 3 is 1.96 bits per heavy atom. The first-order valence-corrected chi connectivity index (χ1v) is 8.51. The average molecular weight is 413 g/mol. The smallest absolute Gasteiger partial charge is 0.416 e. The maximum atomic E-state index is 13.0. The number of anilines is 1. The fraction of sp³-hybridized carbons (Fsp3) is 0.611. The molecule has 0 amide bonds. The number of hydrogen-bond acceptors (Lipinski definition) is 3. The van der Waals surface area contributed by atoms with Gasteiger partial charge >= 0.3 is 18.3 Å². The van der Waals surface area contributed by atoms with Crippen LogP contribution >= 0.6 is 0 Å². The van der Waals surface area contributed by atoms with Gasteiger partial charge in [-0.15, -0.1) is 0 Å². The van der Waals surface area contributed by atoms with Gasteiger partial charge in [-0.3, -0.25) is 0 Å². The van der Waals surface area contributed by atoms with Crippen molar-refractivity contribution in [3.8, 4) is 0 Å². The number of benzene rings is 1. The molecule has 1 N–H and O–H groups in total. The summed E-state index contributed by atoms with van der Waals surface area (Å²) >= 11 is 0. The van der Waals surface area contributed by atoms with Crippen LogP contribution in [-0.2, 0) is 21.9 Å². The topological polar surface area (TPSA) is 49.8 Å². The summed E-state index contributed by atoms with van der Waals surface area (Å²) in [4.78, 5) is 12.8. The summed E-state index contributed by atoms with van der Waals surface area (Å²) < 4.78 is 83.7. The van der Waals surface area contributed by atoms with Gasteiger partial charge in [0.25, 0.3) is 0 Å². The van der Waals surface area contributed by atoms with E-state index in [0.717, 1.165) is 0 Å². The Hall–Kier alpha value is -1.97. The molecule has 10 heteroatoms. The number of hydrogen-bond donors (Lipinski definition) is 1. The van der Waals surface area contributed by atoms with E-state index in [1.165, 1.54) is 4.90 Å². The Morgan fingerprint density at radius 1 is 1.07 bits per heavy atom. The van der Waals surface area contributed by atoms with Gasteiger partial charge in [-0.05, 0) is 30.0 Å². The minimum absolute atomic E-state index is 0.00152. The highest BCUT2D eigenvalue weighted by molar-refractivity contribution is 5.73. The second kappa shape index (κ2) is 7.46. The van der Waals surface area contributed by atoms with Gasteiger partial charge in [0, 0.05) is 18.8 Å². The van der Waals surface area contributed by atoms with E-state index in [0.29, 0.717) is 12.1 Å². The number of carboxylic acids is 1. The van der Waals surface area contributed by atoms with Gasteiger partial charge < -0.3 is 14.7 Å². The van der Waals surface area contributed by atoms with E-state index in [-0.39, 0.29) is 31.3 Å². The number of halogens is 6. The van der Waals surface area contributed by atoms with Gasteiger partial charge in [-0.25, -0.2) is 4.79 Å². The molecule has 0 aromatic heterocycles. The molecular formula is C18H21F6NO3.